The molecule has 5 heterocycles. The van der Waals surface area contributed by atoms with Crippen LogP contribution in [0.25, 0.3) is 16.7 Å². The molecule has 1 unspecified atom stereocenters. The van der Waals surface area contributed by atoms with Crippen molar-refractivity contribution in [3.63, 3.8) is 0 Å². The fourth-order valence-corrected chi connectivity index (χ4v) is 8.81. The number of nitrogens with two attached hydrogens (primary N) is 1. The van der Waals surface area contributed by atoms with Gasteiger partial charge in [0, 0.05) is 94.9 Å². The van der Waals surface area contributed by atoms with Crippen LogP contribution in [0, 0.1) is 23.0 Å². The van der Waals surface area contributed by atoms with Crippen molar-refractivity contribution in [1.29, 1.82) is 5.26 Å². The molecule has 2 aromatic heterocycles. The molecule has 0 bridgehead atoms. The summed E-state index contributed by atoms with van der Waals surface area (Å²) in [5.74, 6) is -1.72. The maximum absolute atomic E-state index is 14.9. The van der Waals surface area contributed by atoms with Crippen molar-refractivity contribution in [3.8, 4) is 22.9 Å². The quantitative estimate of drug-likeness (QED) is 0.108. The maximum atomic E-state index is 14.9. The van der Waals surface area contributed by atoms with Crippen LogP contribution < -0.4 is 26.0 Å². The minimum absolute atomic E-state index is 0.0712. The molecule has 4 aromatic rings. The topological polar surface area (TPSA) is 207 Å². The third kappa shape index (κ3) is 10.5. The molecule has 16 nitrogen and oxygen atoms in total. The van der Waals surface area contributed by atoms with Gasteiger partial charge in [0.25, 0.3) is 11.8 Å². The zero-order valence-corrected chi connectivity index (χ0v) is 36.9. The van der Waals surface area contributed by atoms with Crippen LogP contribution >= 0.6 is 0 Å². The first-order valence-corrected chi connectivity index (χ1v) is 21.9. The zero-order chi connectivity index (χ0) is 47.0. The Kier molecular flexibility index (Phi) is 14.7. The van der Waals surface area contributed by atoms with Crippen LogP contribution in [-0.4, -0.2) is 126 Å². The predicted octanol–water partition coefficient (Wildman–Crippen LogP) is 3.85. The van der Waals surface area contributed by atoms with Crippen LogP contribution in [0.1, 0.15) is 70.1 Å². The number of aldehydes is 1. The van der Waals surface area contributed by atoms with E-state index in [1.165, 1.54) is 24.3 Å². The van der Waals surface area contributed by atoms with Gasteiger partial charge in [-0.2, -0.15) is 5.26 Å². The molecule has 344 valence electrons. The van der Waals surface area contributed by atoms with Crippen molar-refractivity contribution < 1.29 is 37.5 Å². The minimum Gasteiger partial charge on any atom is -0.492 e. The second-order valence-electron chi connectivity index (χ2n) is 16.6. The average molecular weight is 903 g/mol. The van der Waals surface area contributed by atoms with Crippen molar-refractivity contribution in [2.45, 2.75) is 57.2 Å². The Morgan fingerprint density at radius 2 is 1.76 bits per heavy atom. The fourth-order valence-electron chi connectivity index (χ4n) is 8.81. The van der Waals surface area contributed by atoms with E-state index in [2.05, 4.69) is 31.5 Å². The molecule has 4 N–H and O–H groups in total. The highest BCUT2D eigenvalue weighted by Gasteiger charge is 2.40. The van der Waals surface area contributed by atoms with E-state index < -0.39 is 29.1 Å². The Bertz CT molecular complexity index is 2550. The van der Waals surface area contributed by atoms with Gasteiger partial charge >= 0.3 is 0 Å². The van der Waals surface area contributed by atoms with E-state index >= 15 is 0 Å². The molecule has 0 saturated carbocycles. The van der Waals surface area contributed by atoms with E-state index in [1.54, 1.807) is 29.3 Å². The van der Waals surface area contributed by atoms with E-state index in [-0.39, 0.29) is 54.7 Å². The monoisotopic (exact) mass is 902 g/mol. The molecule has 66 heavy (non-hydrogen) atoms. The van der Waals surface area contributed by atoms with E-state index in [9.17, 15) is 38.0 Å². The normalized spacial score (nSPS) is 16.6. The van der Waals surface area contributed by atoms with Gasteiger partial charge in [-0.15, -0.1) is 0 Å². The number of pyridine rings is 2. The van der Waals surface area contributed by atoms with Gasteiger partial charge in [-0.1, -0.05) is 12.1 Å². The molecule has 0 spiro atoms. The van der Waals surface area contributed by atoms with Crippen LogP contribution in [0.4, 0.5) is 14.6 Å². The molecule has 0 radical (unpaired) electrons. The number of amides is 4. The Morgan fingerprint density at radius 3 is 2.42 bits per heavy atom. The zero-order valence-electron chi connectivity index (χ0n) is 36.9. The first kappa shape index (κ1) is 46.7. The summed E-state index contributed by atoms with van der Waals surface area (Å²) >= 11 is 0. The number of fused-ring (bicyclic) bond motifs is 1. The van der Waals surface area contributed by atoms with Gasteiger partial charge in [-0.25, -0.2) is 13.8 Å². The van der Waals surface area contributed by atoms with Gasteiger partial charge in [0.2, 0.25) is 11.8 Å². The summed E-state index contributed by atoms with van der Waals surface area (Å²) in [5.41, 5.74) is 8.29. The van der Waals surface area contributed by atoms with Gasteiger partial charge in [0.05, 0.1) is 47.6 Å². The summed E-state index contributed by atoms with van der Waals surface area (Å²) in [4.78, 5) is 81.0. The van der Waals surface area contributed by atoms with Gasteiger partial charge in [0.1, 0.15) is 35.6 Å². The lowest BCUT2D eigenvalue weighted by atomic mass is 9.86. The SMILES string of the molecule is CCOc1cnc(C(C#N)=CN)c(-c2ccc(N3CCC(CN4CCN(C(=O)Cc5ccc6c(c5)C(=O)N(C(C=O)CCC(=O)NC)C6)CC4)(NC(=O)c4cc(F)ccc4F)CC3)nc2)c1. The molecular weight excluding hydrogens is 851 g/mol. The highest BCUT2D eigenvalue weighted by molar-refractivity contribution is 6.00. The highest BCUT2D eigenvalue weighted by Crippen LogP contribution is 2.33. The smallest absolute Gasteiger partial charge is 0.255 e. The number of piperidine rings is 1. The summed E-state index contributed by atoms with van der Waals surface area (Å²) in [7, 11) is 1.51. The van der Waals surface area contributed by atoms with Crippen molar-refractivity contribution in [3.05, 3.63) is 113 Å². The molecule has 2 saturated heterocycles. The van der Waals surface area contributed by atoms with Gasteiger partial charge < -0.3 is 40.6 Å². The van der Waals surface area contributed by atoms with Crippen molar-refractivity contribution in [2.75, 3.05) is 64.4 Å². The minimum atomic E-state index is -0.836. The summed E-state index contributed by atoms with van der Waals surface area (Å²) in [6, 6.07) is 15.0. The second-order valence-corrected chi connectivity index (χ2v) is 16.6. The van der Waals surface area contributed by atoms with E-state index in [1.807, 2.05) is 25.1 Å². The van der Waals surface area contributed by atoms with Gasteiger partial charge in [0.15, 0.2) is 0 Å². The number of carbonyl (C=O) groups is 5. The fraction of sp³-hybridized carbons (Fsp3) is 0.375. The van der Waals surface area contributed by atoms with Crippen LogP contribution in [0.15, 0.2) is 73.2 Å². The number of piperazine rings is 1. The Labute approximate surface area is 381 Å². The number of aromatic nitrogens is 2. The number of allylic oxidation sites excluding steroid dienone is 1. The molecule has 2 aromatic carbocycles. The largest absolute Gasteiger partial charge is 0.492 e. The lowest BCUT2D eigenvalue weighted by Gasteiger charge is -2.46. The van der Waals surface area contributed by atoms with Crippen molar-refractivity contribution >= 4 is 41.3 Å². The Morgan fingerprint density at radius 1 is 0.985 bits per heavy atom. The molecular formula is C48H52F2N10O6. The number of hydrogen-bond donors (Lipinski definition) is 3. The standard InChI is InChI=1S/C48H52F2N10O6/c1-3-66-37-23-38(45(55-27-37)34(24-51)25-52)32-6-10-42(54-26-32)58-14-12-48(13-15-58,56-46(64)40-22-35(49)7-9-41(40)50)30-57-16-18-59(19-17-57)44(63)21-31-4-5-33-28-60(47(65)39(33)20-31)36(29-61)8-11-43(62)53-2/h4-7,9-10,20,22-24,26-27,29,36H,3,8,11-19,21,28,30,51H2,1-2H3,(H,53,62)(H,56,64). The number of nitrogens with zero attached hydrogens (tertiary/aromatic N) is 7. The molecule has 3 aliphatic heterocycles. The third-order valence-corrected chi connectivity index (χ3v) is 12.5. The number of nitrogens with one attached hydrogen (secondary N) is 2. The van der Waals surface area contributed by atoms with Crippen molar-refractivity contribution in [1.82, 2.24) is 35.3 Å². The number of nitriles is 1. The summed E-state index contributed by atoms with van der Waals surface area (Å²) in [5, 5.41) is 15.3. The van der Waals surface area contributed by atoms with E-state index in [4.69, 9.17) is 15.5 Å². The van der Waals surface area contributed by atoms with Gasteiger partial charge in [-0.05, 0) is 79.8 Å². The maximum Gasteiger partial charge on any atom is 0.255 e. The molecule has 3 aliphatic rings. The number of rotatable bonds is 16. The lowest BCUT2D eigenvalue weighted by molar-refractivity contribution is -0.132. The van der Waals surface area contributed by atoms with Crippen LogP contribution in [0.2, 0.25) is 0 Å². The molecule has 4 amide bonds. The number of benzene rings is 2. The number of ether oxygens (including phenoxy) is 1. The molecule has 7 rings (SSSR count). The number of hydrogen-bond acceptors (Lipinski definition) is 12. The second kappa shape index (κ2) is 20.7. The lowest BCUT2D eigenvalue weighted by Crippen LogP contribution is -2.62. The number of carbonyl (C=O) groups excluding carboxylic acids is 5. The molecule has 1 atom stereocenters. The number of anilines is 1. The molecule has 18 heteroatoms. The van der Waals surface area contributed by atoms with Crippen LogP contribution in [-0.2, 0) is 27.3 Å². The number of halogens is 2. The average Bonchev–Trinajstić information content (AvgIpc) is 3.65. The third-order valence-electron chi connectivity index (χ3n) is 12.5. The van der Waals surface area contributed by atoms with Crippen molar-refractivity contribution in [2.24, 2.45) is 5.73 Å². The van der Waals surface area contributed by atoms with E-state index in [0.29, 0.717) is 111 Å². The highest BCUT2D eigenvalue weighted by atomic mass is 19.1. The molecule has 2 fully saturated rings. The Balaban J connectivity index is 1.00. The molecule has 0 aliphatic carbocycles. The summed E-state index contributed by atoms with van der Waals surface area (Å²) in [6.07, 6.45) is 6.41. The van der Waals surface area contributed by atoms with Crippen LogP contribution in [0.3, 0.4) is 0 Å². The van der Waals surface area contributed by atoms with E-state index in [0.717, 1.165) is 23.8 Å². The Hall–Kier alpha value is -7.26. The summed E-state index contributed by atoms with van der Waals surface area (Å²) in [6.45, 7) is 5.70. The first-order chi connectivity index (χ1) is 31.9. The summed E-state index contributed by atoms with van der Waals surface area (Å²) < 4.78 is 34.8. The van der Waals surface area contributed by atoms with Crippen LogP contribution in [0.5, 0.6) is 5.75 Å². The van der Waals surface area contributed by atoms with Gasteiger partial charge in [-0.3, -0.25) is 29.1 Å². The first-order valence-electron chi connectivity index (χ1n) is 21.9. The predicted molar refractivity (Wildman–Crippen MR) is 241 cm³/mol.